The molecule has 1 amide bonds. The van der Waals surface area contributed by atoms with Gasteiger partial charge in [0.2, 0.25) is 5.91 Å². The lowest BCUT2D eigenvalue weighted by molar-refractivity contribution is -0.120. The highest BCUT2D eigenvalue weighted by molar-refractivity contribution is 7.92. The first kappa shape index (κ1) is 15.4. The number of aliphatic hydroxyl groups excluding tert-OH is 1. The molecular weight excluding hydrogens is 230 g/mol. The third kappa shape index (κ3) is 6.07. The molecule has 0 saturated carbocycles. The molecule has 0 aromatic carbocycles. The first-order chi connectivity index (χ1) is 7.14. The molecule has 0 bridgehead atoms. The predicted octanol–water partition coefficient (Wildman–Crippen LogP) is -0.0573. The molecule has 2 atom stereocenters. The van der Waals surface area contributed by atoms with Crippen molar-refractivity contribution >= 4 is 15.7 Å². The Bertz CT molecular complexity index is 324. The van der Waals surface area contributed by atoms with Crippen LogP contribution in [0.25, 0.3) is 0 Å². The SMILES string of the molecule is CC(C)CC(O)CNC(=O)C(C)S(C)(=O)=O. The lowest BCUT2D eigenvalue weighted by atomic mass is 10.1. The summed E-state index contributed by atoms with van der Waals surface area (Å²) in [4.78, 5) is 11.4. The Labute approximate surface area is 97.2 Å². The number of rotatable bonds is 6. The van der Waals surface area contributed by atoms with E-state index in [2.05, 4.69) is 5.32 Å². The fourth-order valence-electron chi connectivity index (χ4n) is 1.18. The molecule has 0 aliphatic carbocycles. The minimum absolute atomic E-state index is 0.0941. The Hall–Kier alpha value is -0.620. The lowest BCUT2D eigenvalue weighted by Crippen LogP contribution is -2.41. The van der Waals surface area contributed by atoms with Crippen LogP contribution >= 0.6 is 0 Å². The lowest BCUT2D eigenvalue weighted by Gasteiger charge is -2.15. The third-order valence-electron chi connectivity index (χ3n) is 2.27. The molecule has 2 N–H and O–H groups in total. The van der Waals surface area contributed by atoms with Crippen LogP contribution in [0.5, 0.6) is 0 Å². The highest BCUT2D eigenvalue weighted by atomic mass is 32.2. The molecule has 0 heterocycles. The van der Waals surface area contributed by atoms with Gasteiger partial charge in [0.15, 0.2) is 9.84 Å². The molecule has 0 aliphatic heterocycles. The highest BCUT2D eigenvalue weighted by Crippen LogP contribution is 2.04. The molecule has 0 rings (SSSR count). The fraction of sp³-hybridized carbons (Fsp3) is 0.900. The maximum absolute atomic E-state index is 11.4. The largest absolute Gasteiger partial charge is 0.391 e. The Morgan fingerprint density at radius 2 is 1.81 bits per heavy atom. The standard InChI is InChI=1S/C10H21NO4S/c1-7(2)5-9(12)6-11-10(13)8(3)16(4,14)15/h7-9,12H,5-6H2,1-4H3,(H,11,13). The van der Waals surface area contributed by atoms with Crippen LogP contribution in [0, 0.1) is 5.92 Å². The number of carbonyl (C=O) groups excluding carboxylic acids is 1. The Kier molecular flexibility index (Phi) is 5.96. The molecule has 0 aromatic heterocycles. The second-order valence-electron chi connectivity index (χ2n) is 4.50. The second-order valence-corrected chi connectivity index (χ2v) is 6.87. The quantitative estimate of drug-likeness (QED) is 0.693. The van der Waals surface area contributed by atoms with Crippen molar-refractivity contribution < 1.29 is 18.3 Å². The molecule has 96 valence electrons. The Morgan fingerprint density at radius 3 is 2.19 bits per heavy atom. The molecule has 0 saturated heterocycles. The van der Waals surface area contributed by atoms with Crippen molar-refractivity contribution in [2.75, 3.05) is 12.8 Å². The molecule has 0 aromatic rings. The third-order valence-corrected chi connectivity index (χ3v) is 3.77. The van der Waals surface area contributed by atoms with E-state index in [-0.39, 0.29) is 6.54 Å². The van der Waals surface area contributed by atoms with Crippen LogP contribution in [-0.2, 0) is 14.6 Å². The van der Waals surface area contributed by atoms with Crippen LogP contribution in [0.4, 0.5) is 0 Å². The van der Waals surface area contributed by atoms with E-state index < -0.39 is 27.1 Å². The average molecular weight is 251 g/mol. The van der Waals surface area contributed by atoms with Gasteiger partial charge < -0.3 is 10.4 Å². The van der Waals surface area contributed by atoms with Gasteiger partial charge in [-0.1, -0.05) is 13.8 Å². The van der Waals surface area contributed by atoms with E-state index in [0.29, 0.717) is 12.3 Å². The van der Waals surface area contributed by atoms with E-state index in [4.69, 9.17) is 0 Å². The van der Waals surface area contributed by atoms with Crippen molar-refractivity contribution in [1.82, 2.24) is 5.32 Å². The Morgan fingerprint density at radius 1 is 1.31 bits per heavy atom. The topological polar surface area (TPSA) is 83.5 Å². The van der Waals surface area contributed by atoms with Gasteiger partial charge in [-0.05, 0) is 19.3 Å². The predicted molar refractivity (Wildman–Crippen MR) is 62.8 cm³/mol. The number of hydrogen-bond acceptors (Lipinski definition) is 4. The number of carbonyl (C=O) groups is 1. The zero-order valence-electron chi connectivity index (χ0n) is 10.2. The van der Waals surface area contributed by atoms with Gasteiger partial charge in [-0.3, -0.25) is 4.79 Å². The molecule has 0 spiro atoms. The molecule has 0 radical (unpaired) electrons. The minimum atomic E-state index is -3.37. The van der Waals surface area contributed by atoms with Crippen molar-refractivity contribution in [2.24, 2.45) is 5.92 Å². The molecular formula is C10H21NO4S. The van der Waals surface area contributed by atoms with Crippen LogP contribution in [0.3, 0.4) is 0 Å². The number of aliphatic hydroxyl groups is 1. The summed E-state index contributed by atoms with van der Waals surface area (Å²) in [5, 5.41) is 10.8. The number of sulfone groups is 1. The van der Waals surface area contributed by atoms with E-state index in [9.17, 15) is 18.3 Å². The maximum Gasteiger partial charge on any atom is 0.238 e. The molecule has 5 nitrogen and oxygen atoms in total. The molecule has 6 heteroatoms. The van der Waals surface area contributed by atoms with Crippen LogP contribution < -0.4 is 5.32 Å². The summed E-state index contributed by atoms with van der Waals surface area (Å²) in [5.74, 6) is -0.232. The van der Waals surface area contributed by atoms with Crippen molar-refractivity contribution in [2.45, 2.75) is 38.5 Å². The molecule has 0 aliphatic rings. The van der Waals surface area contributed by atoms with E-state index in [1.165, 1.54) is 6.92 Å². The zero-order valence-corrected chi connectivity index (χ0v) is 11.0. The van der Waals surface area contributed by atoms with Gasteiger partial charge in [0, 0.05) is 12.8 Å². The molecule has 0 fully saturated rings. The van der Waals surface area contributed by atoms with Gasteiger partial charge in [0.1, 0.15) is 5.25 Å². The maximum atomic E-state index is 11.4. The summed E-state index contributed by atoms with van der Waals surface area (Å²) < 4.78 is 22.1. The highest BCUT2D eigenvalue weighted by Gasteiger charge is 2.23. The van der Waals surface area contributed by atoms with Gasteiger partial charge in [-0.25, -0.2) is 8.42 Å². The van der Waals surface area contributed by atoms with E-state index >= 15 is 0 Å². The number of amides is 1. The van der Waals surface area contributed by atoms with Crippen LogP contribution in [0.2, 0.25) is 0 Å². The van der Waals surface area contributed by atoms with Crippen molar-refractivity contribution in [3.63, 3.8) is 0 Å². The van der Waals surface area contributed by atoms with E-state index in [0.717, 1.165) is 6.26 Å². The summed E-state index contributed by atoms with van der Waals surface area (Å²) in [5.41, 5.74) is 0. The van der Waals surface area contributed by atoms with Crippen LogP contribution in [0.1, 0.15) is 27.2 Å². The smallest absolute Gasteiger partial charge is 0.238 e. The Balaban J connectivity index is 4.08. The van der Waals surface area contributed by atoms with E-state index in [1.807, 2.05) is 13.8 Å². The molecule has 2 unspecified atom stereocenters. The van der Waals surface area contributed by atoms with Crippen molar-refractivity contribution in [3.05, 3.63) is 0 Å². The summed E-state index contributed by atoms with van der Waals surface area (Å²) in [6.07, 6.45) is 0.964. The normalized spacial score (nSPS) is 15.9. The summed E-state index contributed by atoms with van der Waals surface area (Å²) >= 11 is 0. The summed E-state index contributed by atoms with van der Waals surface area (Å²) in [6, 6.07) is 0. The summed E-state index contributed by atoms with van der Waals surface area (Å²) in [7, 11) is -3.37. The second kappa shape index (κ2) is 6.20. The van der Waals surface area contributed by atoms with Gasteiger partial charge in [0.25, 0.3) is 0 Å². The van der Waals surface area contributed by atoms with Gasteiger partial charge >= 0.3 is 0 Å². The van der Waals surface area contributed by atoms with Crippen LogP contribution in [-0.4, -0.2) is 43.6 Å². The van der Waals surface area contributed by atoms with Crippen LogP contribution in [0.15, 0.2) is 0 Å². The monoisotopic (exact) mass is 251 g/mol. The van der Waals surface area contributed by atoms with Gasteiger partial charge in [-0.2, -0.15) is 0 Å². The zero-order chi connectivity index (χ0) is 12.9. The molecule has 16 heavy (non-hydrogen) atoms. The van der Waals surface area contributed by atoms with Gasteiger partial charge in [0.05, 0.1) is 6.10 Å². The number of hydrogen-bond donors (Lipinski definition) is 2. The van der Waals surface area contributed by atoms with E-state index in [1.54, 1.807) is 0 Å². The number of nitrogens with one attached hydrogen (secondary N) is 1. The summed E-state index contributed by atoms with van der Waals surface area (Å²) in [6.45, 7) is 5.35. The van der Waals surface area contributed by atoms with Crippen molar-refractivity contribution in [1.29, 1.82) is 0 Å². The first-order valence-corrected chi connectivity index (χ1v) is 7.24. The average Bonchev–Trinajstić information content (AvgIpc) is 2.10. The fourth-order valence-corrected chi connectivity index (χ4v) is 1.66. The first-order valence-electron chi connectivity index (χ1n) is 5.29. The van der Waals surface area contributed by atoms with Gasteiger partial charge in [-0.15, -0.1) is 0 Å². The van der Waals surface area contributed by atoms with Crippen molar-refractivity contribution in [3.8, 4) is 0 Å². The minimum Gasteiger partial charge on any atom is -0.391 e.